The zero-order chi connectivity index (χ0) is 16.2. The van der Waals surface area contributed by atoms with Gasteiger partial charge in [0.05, 0.1) is 10.6 Å². The summed E-state index contributed by atoms with van der Waals surface area (Å²) in [6, 6.07) is 8.53. The van der Waals surface area contributed by atoms with Gasteiger partial charge in [0, 0.05) is 31.2 Å². The molecule has 2 rings (SSSR count). The fraction of sp³-hybridized carbons (Fsp3) is 0.333. The molecule has 0 radical (unpaired) electrons. The number of nitriles is 2. The van der Waals surface area contributed by atoms with Gasteiger partial charge in [0.2, 0.25) is 0 Å². The Morgan fingerprint density at radius 1 is 1.27 bits per heavy atom. The molecule has 7 heteroatoms. The summed E-state index contributed by atoms with van der Waals surface area (Å²) >= 11 is 0. The van der Waals surface area contributed by atoms with Crippen molar-refractivity contribution in [2.75, 3.05) is 29.6 Å². The van der Waals surface area contributed by atoms with Gasteiger partial charge in [0.25, 0.3) is 0 Å². The van der Waals surface area contributed by atoms with Crippen LogP contribution in [0.1, 0.15) is 12.8 Å². The van der Waals surface area contributed by atoms with E-state index in [1.807, 2.05) is 0 Å². The average Bonchev–Trinajstić information content (AvgIpc) is 3.01. The molecular formula is C15H16N4O2S. The highest BCUT2D eigenvalue weighted by atomic mass is 32.2. The van der Waals surface area contributed by atoms with Crippen LogP contribution < -0.4 is 10.2 Å². The Hall–Kier alpha value is -2.51. The van der Waals surface area contributed by atoms with E-state index in [9.17, 15) is 8.42 Å². The largest absolute Gasteiger partial charge is 0.371 e. The molecule has 1 aromatic rings. The number of sulfone groups is 1. The minimum atomic E-state index is -3.41. The van der Waals surface area contributed by atoms with Crippen molar-refractivity contribution in [3.63, 3.8) is 0 Å². The average molecular weight is 316 g/mol. The SMILES string of the molecule is CS(=O)(=O)c1ccc(N2CCCC2)cc1NC=C(C#N)C#N. The second-order valence-electron chi connectivity index (χ2n) is 5.07. The number of nitrogens with one attached hydrogen (secondary N) is 1. The maximum Gasteiger partial charge on any atom is 0.177 e. The van der Waals surface area contributed by atoms with Crippen LogP contribution in [0.2, 0.25) is 0 Å². The summed E-state index contributed by atoms with van der Waals surface area (Å²) in [7, 11) is -3.41. The topological polar surface area (TPSA) is 97.0 Å². The van der Waals surface area contributed by atoms with E-state index < -0.39 is 9.84 Å². The molecule has 0 bridgehead atoms. The first-order valence-corrected chi connectivity index (χ1v) is 8.71. The third kappa shape index (κ3) is 3.57. The van der Waals surface area contributed by atoms with Crippen molar-refractivity contribution in [3.05, 3.63) is 30.0 Å². The molecule has 1 N–H and O–H groups in total. The molecule has 0 spiro atoms. The molecule has 1 saturated heterocycles. The molecule has 0 aromatic heterocycles. The molecular weight excluding hydrogens is 300 g/mol. The van der Waals surface area contributed by atoms with Crippen LogP contribution in [0.5, 0.6) is 0 Å². The molecule has 0 unspecified atom stereocenters. The molecule has 0 amide bonds. The van der Waals surface area contributed by atoms with Crippen LogP contribution in [-0.4, -0.2) is 27.8 Å². The van der Waals surface area contributed by atoms with Crippen molar-refractivity contribution in [3.8, 4) is 12.1 Å². The Morgan fingerprint density at radius 3 is 2.45 bits per heavy atom. The van der Waals surface area contributed by atoms with Crippen molar-refractivity contribution in [1.82, 2.24) is 0 Å². The van der Waals surface area contributed by atoms with Crippen LogP contribution >= 0.6 is 0 Å². The highest BCUT2D eigenvalue weighted by molar-refractivity contribution is 7.90. The van der Waals surface area contributed by atoms with Crippen molar-refractivity contribution < 1.29 is 8.42 Å². The van der Waals surface area contributed by atoms with Crippen LogP contribution in [0.15, 0.2) is 34.9 Å². The molecule has 0 saturated carbocycles. The maximum absolute atomic E-state index is 11.9. The number of rotatable bonds is 4. The van der Waals surface area contributed by atoms with Crippen LogP contribution in [0.25, 0.3) is 0 Å². The number of hydrogen-bond acceptors (Lipinski definition) is 6. The molecule has 1 heterocycles. The first-order chi connectivity index (χ1) is 10.5. The molecule has 1 aliphatic heterocycles. The van der Waals surface area contributed by atoms with Gasteiger partial charge >= 0.3 is 0 Å². The first kappa shape index (κ1) is 15.9. The lowest BCUT2D eigenvalue weighted by atomic mass is 10.2. The lowest BCUT2D eigenvalue weighted by molar-refractivity contribution is 0.602. The summed E-state index contributed by atoms with van der Waals surface area (Å²) in [5.41, 5.74) is 1.18. The van der Waals surface area contributed by atoms with Crippen LogP contribution in [-0.2, 0) is 9.84 Å². The third-order valence-electron chi connectivity index (χ3n) is 3.45. The van der Waals surface area contributed by atoms with Crippen LogP contribution in [0.3, 0.4) is 0 Å². The smallest absolute Gasteiger partial charge is 0.177 e. The third-order valence-corrected chi connectivity index (χ3v) is 4.60. The monoisotopic (exact) mass is 316 g/mol. The number of benzene rings is 1. The summed E-state index contributed by atoms with van der Waals surface area (Å²) < 4.78 is 23.7. The molecule has 1 fully saturated rings. The van der Waals surface area contributed by atoms with E-state index in [-0.39, 0.29) is 10.5 Å². The van der Waals surface area contributed by atoms with E-state index in [0.717, 1.165) is 37.9 Å². The lowest BCUT2D eigenvalue weighted by Gasteiger charge is -2.19. The summed E-state index contributed by atoms with van der Waals surface area (Å²) in [6.07, 6.45) is 4.58. The normalized spacial score (nSPS) is 14.0. The predicted molar refractivity (Wildman–Crippen MR) is 83.9 cm³/mol. The van der Waals surface area contributed by atoms with Gasteiger partial charge < -0.3 is 10.2 Å². The highest BCUT2D eigenvalue weighted by Gasteiger charge is 2.17. The summed E-state index contributed by atoms with van der Waals surface area (Å²) in [5, 5.41) is 20.3. The molecule has 114 valence electrons. The molecule has 22 heavy (non-hydrogen) atoms. The van der Waals surface area contributed by atoms with Gasteiger partial charge in [-0.1, -0.05) is 0 Å². The second kappa shape index (κ2) is 6.50. The minimum absolute atomic E-state index is 0.119. The number of nitrogens with zero attached hydrogens (tertiary/aromatic N) is 3. The summed E-state index contributed by atoms with van der Waals surface area (Å²) in [5.74, 6) is 0. The van der Waals surface area contributed by atoms with E-state index in [1.165, 1.54) is 6.20 Å². The summed E-state index contributed by atoms with van der Waals surface area (Å²) in [4.78, 5) is 2.32. The van der Waals surface area contributed by atoms with E-state index in [0.29, 0.717) is 5.69 Å². The molecule has 1 aliphatic rings. The fourth-order valence-electron chi connectivity index (χ4n) is 2.37. The second-order valence-corrected chi connectivity index (χ2v) is 7.06. The minimum Gasteiger partial charge on any atom is -0.371 e. The van der Waals surface area contributed by atoms with Gasteiger partial charge in [-0.05, 0) is 31.0 Å². The summed E-state index contributed by atoms with van der Waals surface area (Å²) in [6.45, 7) is 1.88. The Morgan fingerprint density at radius 2 is 1.91 bits per heavy atom. The Balaban J connectivity index is 2.42. The van der Waals surface area contributed by atoms with Crippen LogP contribution in [0, 0.1) is 22.7 Å². The lowest BCUT2D eigenvalue weighted by Crippen LogP contribution is -2.18. The van der Waals surface area contributed by atoms with Crippen molar-refractivity contribution in [2.45, 2.75) is 17.7 Å². The number of allylic oxidation sites excluding steroid dienone is 1. The zero-order valence-electron chi connectivity index (χ0n) is 12.2. The van der Waals surface area contributed by atoms with Crippen molar-refractivity contribution >= 4 is 21.2 Å². The highest BCUT2D eigenvalue weighted by Crippen LogP contribution is 2.29. The number of hydrogen-bond donors (Lipinski definition) is 1. The Kier molecular flexibility index (Phi) is 4.69. The van der Waals surface area contributed by atoms with Gasteiger partial charge in [-0.2, -0.15) is 10.5 Å². The fourth-order valence-corrected chi connectivity index (χ4v) is 3.20. The van der Waals surface area contributed by atoms with Crippen molar-refractivity contribution in [1.29, 1.82) is 10.5 Å². The predicted octanol–water partition coefficient (Wildman–Crippen LogP) is 2.03. The molecule has 1 aromatic carbocycles. The van der Waals surface area contributed by atoms with Crippen LogP contribution in [0.4, 0.5) is 11.4 Å². The molecule has 6 nitrogen and oxygen atoms in total. The van der Waals surface area contributed by atoms with Gasteiger partial charge in [0.15, 0.2) is 9.84 Å². The van der Waals surface area contributed by atoms with Crippen molar-refractivity contribution in [2.24, 2.45) is 0 Å². The number of anilines is 2. The van der Waals surface area contributed by atoms with E-state index >= 15 is 0 Å². The van der Waals surface area contributed by atoms with Gasteiger partial charge in [0.1, 0.15) is 17.7 Å². The van der Waals surface area contributed by atoms with Gasteiger partial charge in [-0.25, -0.2) is 8.42 Å². The van der Waals surface area contributed by atoms with E-state index in [4.69, 9.17) is 10.5 Å². The van der Waals surface area contributed by atoms with Gasteiger partial charge in [-0.3, -0.25) is 0 Å². The molecule has 0 aliphatic carbocycles. The maximum atomic E-state index is 11.9. The van der Waals surface area contributed by atoms with Gasteiger partial charge in [-0.15, -0.1) is 0 Å². The quantitative estimate of drug-likeness (QED) is 0.854. The molecule has 0 atom stereocenters. The zero-order valence-corrected chi connectivity index (χ0v) is 13.0. The Labute approximate surface area is 130 Å². The van der Waals surface area contributed by atoms with E-state index in [2.05, 4.69) is 10.2 Å². The standard InChI is InChI=1S/C15H16N4O2S/c1-22(20,21)15-5-4-13(19-6-2-3-7-19)8-14(15)18-11-12(9-16)10-17/h4-5,8,11,18H,2-3,6-7H2,1H3. The first-order valence-electron chi connectivity index (χ1n) is 6.81. The van der Waals surface area contributed by atoms with E-state index in [1.54, 1.807) is 30.3 Å². The Bertz CT molecular complexity index is 763.